The van der Waals surface area contributed by atoms with Crippen LogP contribution in [0.25, 0.3) is 0 Å². The second-order valence-electron chi connectivity index (χ2n) is 5.87. The molecule has 0 aromatic heterocycles. The standard InChI is InChI=1S/C14H26F3NO2/c1-2-3-11-4-5-13(20)12(8-11)9-18(6-7-19)10-14(15,16)17/h11-13,19-20H,2-10H2,1H3. The molecule has 0 bridgehead atoms. The summed E-state index contributed by atoms with van der Waals surface area (Å²) in [5.41, 5.74) is 0. The van der Waals surface area contributed by atoms with E-state index in [4.69, 9.17) is 5.11 Å². The van der Waals surface area contributed by atoms with Crippen LogP contribution in [0.5, 0.6) is 0 Å². The summed E-state index contributed by atoms with van der Waals surface area (Å²) in [5, 5.41) is 18.9. The van der Waals surface area contributed by atoms with Gasteiger partial charge in [0.25, 0.3) is 0 Å². The Morgan fingerprint density at radius 2 is 1.95 bits per heavy atom. The van der Waals surface area contributed by atoms with Crippen molar-refractivity contribution in [2.45, 2.75) is 51.3 Å². The number of rotatable bonds is 7. The number of hydrogen-bond acceptors (Lipinski definition) is 3. The Labute approximate surface area is 118 Å². The second-order valence-corrected chi connectivity index (χ2v) is 5.87. The zero-order valence-electron chi connectivity index (χ0n) is 12.1. The monoisotopic (exact) mass is 297 g/mol. The van der Waals surface area contributed by atoms with Crippen LogP contribution in [0.15, 0.2) is 0 Å². The largest absolute Gasteiger partial charge is 0.401 e. The van der Waals surface area contributed by atoms with Crippen LogP contribution in [0.1, 0.15) is 39.0 Å². The van der Waals surface area contributed by atoms with Gasteiger partial charge in [-0.3, -0.25) is 4.90 Å². The summed E-state index contributed by atoms with van der Waals surface area (Å²) in [4.78, 5) is 1.21. The molecule has 1 fully saturated rings. The zero-order valence-corrected chi connectivity index (χ0v) is 12.1. The summed E-state index contributed by atoms with van der Waals surface area (Å²) in [6.07, 6.45) is -0.220. The molecule has 0 spiro atoms. The van der Waals surface area contributed by atoms with Crippen molar-refractivity contribution in [3.8, 4) is 0 Å². The van der Waals surface area contributed by atoms with E-state index in [0.29, 0.717) is 12.3 Å². The summed E-state index contributed by atoms with van der Waals surface area (Å²) in [5.74, 6) is 0.393. The number of alkyl halides is 3. The van der Waals surface area contributed by atoms with Crippen molar-refractivity contribution in [3.05, 3.63) is 0 Å². The van der Waals surface area contributed by atoms with Gasteiger partial charge in [-0.25, -0.2) is 0 Å². The lowest BCUT2D eigenvalue weighted by molar-refractivity contribution is -0.150. The zero-order chi connectivity index (χ0) is 15.2. The second kappa shape index (κ2) is 8.20. The molecule has 2 N–H and O–H groups in total. The number of aliphatic hydroxyl groups is 2. The van der Waals surface area contributed by atoms with E-state index in [1.165, 1.54) is 4.90 Å². The fourth-order valence-corrected chi connectivity index (χ4v) is 3.17. The molecule has 1 rings (SSSR count). The van der Waals surface area contributed by atoms with Crippen LogP contribution >= 0.6 is 0 Å². The first-order valence-electron chi connectivity index (χ1n) is 7.43. The molecule has 0 aromatic carbocycles. The molecule has 120 valence electrons. The Balaban J connectivity index is 2.55. The molecule has 1 aliphatic rings. The fraction of sp³-hybridized carbons (Fsp3) is 1.00. The quantitative estimate of drug-likeness (QED) is 0.758. The Kier molecular flexibility index (Phi) is 7.26. The third kappa shape index (κ3) is 6.41. The highest BCUT2D eigenvalue weighted by molar-refractivity contribution is 4.82. The topological polar surface area (TPSA) is 43.7 Å². The van der Waals surface area contributed by atoms with Crippen LogP contribution in [-0.2, 0) is 0 Å². The van der Waals surface area contributed by atoms with Gasteiger partial charge in [0.15, 0.2) is 0 Å². The van der Waals surface area contributed by atoms with Gasteiger partial charge < -0.3 is 10.2 Å². The molecule has 1 saturated carbocycles. The van der Waals surface area contributed by atoms with Gasteiger partial charge in [-0.05, 0) is 31.1 Å². The van der Waals surface area contributed by atoms with Gasteiger partial charge in [0.05, 0.1) is 19.3 Å². The van der Waals surface area contributed by atoms with Crippen molar-refractivity contribution in [2.24, 2.45) is 11.8 Å². The van der Waals surface area contributed by atoms with Crippen molar-refractivity contribution < 1.29 is 23.4 Å². The van der Waals surface area contributed by atoms with Gasteiger partial charge in [-0.15, -0.1) is 0 Å². The lowest BCUT2D eigenvalue weighted by Gasteiger charge is -2.36. The first-order valence-corrected chi connectivity index (χ1v) is 7.43. The average Bonchev–Trinajstić information content (AvgIpc) is 2.32. The SMILES string of the molecule is CCCC1CCC(O)C(CN(CCO)CC(F)(F)F)C1. The molecule has 0 aliphatic heterocycles. The van der Waals surface area contributed by atoms with Gasteiger partial charge in [0.1, 0.15) is 0 Å². The van der Waals surface area contributed by atoms with Gasteiger partial charge in [-0.2, -0.15) is 13.2 Å². The molecule has 3 nitrogen and oxygen atoms in total. The average molecular weight is 297 g/mol. The highest BCUT2D eigenvalue weighted by atomic mass is 19.4. The first-order chi connectivity index (χ1) is 9.35. The summed E-state index contributed by atoms with van der Waals surface area (Å²) < 4.78 is 37.5. The van der Waals surface area contributed by atoms with E-state index in [1.807, 2.05) is 0 Å². The number of hydrogen-bond donors (Lipinski definition) is 2. The predicted octanol–water partition coefficient (Wildman–Crippen LogP) is 2.42. The highest BCUT2D eigenvalue weighted by Gasteiger charge is 2.34. The van der Waals surface area contributed by atoms with E-state index in [9.17, 15) is 18.3 Å². The molecule has 0 heterocycles. The maximum atomic E-state index is 12.5. The van der Waals surface area contributed by atoms with E-state index >= 15 is 0 Å². The minimum absolute atomic E-state index is 0.00117. The van der Waals surface area contributed by atoms with Crippen molar-refractivity contribution in [2.75, 3.05) is 26.2 Å². The van der Waals surface area contributed by atoms with Crippen LogP contribution in [0, 0.1) is 11.8 Å². The van der Waals surface area contributed by atoms with E-state index in [1.54, 1.807) is 0 Å². The lowest BCUT2D eigenvalue weighted by atomic mass is 9.77. The third-order valence-electron chi connectivity index (χ3n) is 4.06. The molecular weight excluding hydrogens is 271 g/mol. The van der Waals surface area contributed by atoms with Crippen LogP contribution in [0.3, 0.4) is 0 Å². The van der Waals surface area contributed by atoms with E-state index in [0.717, 1.165) is 25.7 Å². The van der Waals surface area contributed by atoms with E-state index in [2.05, 4.69) is 6.92 Å². The number of halogens is 3. The van der Waals surface area contributed by atoms with Gasteiger partial charge in [-0.1, -0.05) is 19.8 Å². The van der Waals surface area contributed by atoms with Crippen LogP contribution < -0.4 is 0 Å². The Bertz CT molecular complexity index is 274. The summed E-state index contributed by atoms with van der Waals surface area (Å²) in [6.45, 7) is 0.997. The van der Waals surface area contributed by atoms with Crippen LogP contribution in [0.2, 0.25) is 0 Å². The molecule has 3 atom stereocenters. The molecule has 6 heteroatoms. The van der Waals surface area contributed by atoms with Crippen LogP contribution in [0.4, 0.5) is 13.2 Å². The number of aliphatic hydroxyl groups excluding tert-OH is 2. The smallest absolute Gasteiger partial charge is 0.395 e. The van der Waals surface area contributed by atoms with Crippen molar-refractivity contribution in [1.82, 2.24) is 4.90 Å². The third-order valence-corrected chi connectivity index (χ3v) is 4.06. The minimum Gasteiger partial charge on any atom is -0.395 e. The minimum atomic E-state index is -4.27. The molecule has 3 unspecified atom stereocenters. The molecule has 1 aliphatic carbocycles. The molecule has 0 amide bonds. The maximum Gasteiger partial charge on any atom is 0.401 e. The van der Waals surface area contributed by atoms with Gasteiger partial charge in [0, 0.05) is 13.1 Å². The molecule has 0 aromatic rings. The summed E-state index contributed by atoms with van der Waals surface area (Å²) in [7, 11) is 0. The van der Waals surface area contributed by atoms with Crippen molar-refractivity contribution in [1.29, 1.82) is 0 Å². The van der Waals surface area contributed by atoms with Gasteiger partial charge in [0.2, 0.25) is 0 Å². The van der Waals surface area contributed by atoms with Crippen molar-refractivity contribution in [3.63, 3.8) is 0 Å². The van der Waals surface area contributed by atoms with Crippen LogP contribution in [-0.4, -0.2) is 53.6 Å². The lowest BCUT2D eigenvalue weighted by Crippen LogP contribution is -2.43. The summed E-state index contributed by atoms with van der Waals surface area (Å²) in [6, 6.07) is 0. The Morgan fingerprint density at radius 1 is 1.25 bits per heavy atom. The highest BCUT2D eigenvalue weighted by Crippen LogP contribution is 2.33. The molecular formula is C14H26F3NO2. The van der Waals surface area contributed by atoms with Crippen molar-refractivity contribution >= 4 is 0 Å². The Morgan fingerprint density at radius 3 is 2.50 bits per heavy atom. The van der Waals surface area contributed by atoms with E-state index < -0.39 is 18.8 Å². The number of nitrogens with zero attached hydrogens (tertiary/aromatic N) is 1. The molecule has 0 saturated heterocycles. The normalized spacial score (nSPS) is 28.1. The maximum absolute atomic E-state index is 12.5. The van der Waals surface area contributed by atoms with Gasteiger partial charge >= 0.3 is 6.18 Å². The molecule has 0 radical (unpaired) electrons. The summed E-state index contributed by atoms with van der Waals surface area (Å²) >= 11 is 0. The first kappa shape index (κ1) is 17.7. The predicted molar refractivity (Wildman–Crippen MR) is 71.3 cm³/mol. The van der Waals surface area contributed by atoms with E-state index in [-0.39, 0.29) is 25.6 Å². The molecule has 20 heavy (non-hydrogen) atoms. The fourth-order valence-electron chi connectivity index (χ4n) is 3.17. The Hall–Kier alpha value is -0.330.